The van der Waals surface area contributed by atoms with Crippen LogP contribution in [0.5, 0.6) is 5.75 Å². The van der Waals surface area contributed by atoms with Gasteiger partial charge in [-0.3, -0.25) is 0 Å². The molecule has 0 amide bonds. The first-order chi connectivity index (χ1) is 14.9. The first kappa shape index (κ1) is 26.2. The molecule has 0 saturated heterocycles. The molecule has 0 saturated carbocycles. The molecule has 166 valence electrons. The van der Waals surface area contributed by atoms with Crippen molar-refractivity contribution in [3.05, 3.63) is 82.9 Å². The van der Waals surface area contributed by atoms with Crippen LogP contribution in [0.15, 0.2) is 71.7 Å². The van der Waals surface area contributed by atoms with Crippen LogP contribution >= 0.6 is 15.9 Å². The fourth-order valence-electron chi connectivity index (χ4n) is 2.35. The van der Waals surface area contributed by atoms with Crippen molar-refractivity contribution in [3.63, 3.8) is 0 Å². The van der Waals surface area contributed by atoms with Crippen LogP contribution in [0.25, 0.3) is 6.08 Å². The van der Waals surface area contributed by atoms with Crippen molar-refractivity contribution in [2.24, 2.45) is 0 Å². The third kappa shape index (κ3) is 13.1. The summed E-state index contributed by atoms with van der Waals surface area (Å²) < 4.78 is 11.5. The molecule has 0 radical (unpaired) electrons. The van der Waals surface area contributed by atoms with Gasteiger partial charge in [-0.15, -0.1) is 0 Å². The van der Waals surface area contributed by atoms with Gasteiger partial charge in [-0.1, -0.05) is 73.0 Å². The van der Waals surface area contributed by atoms with Crippen LogP contribution in [-0.2, 0) is 20.9 Å². The van der Waals surface area contributed by atoms with E-state index in [0.717, 1.165) is 40.3 Å². The number of carboxylic acid groups (broad SMARTS) is 1. The number of ether oxygens (including phenoxy) is 2. The number of halogens is 1. The molecule has 1 N–H and O–H groups in total. The third-order valence-electron chi connectivity index (χ3n) is 4.03. The second kappa shape index (κ2) is 15.9. The maximum Gasteiger partial charge on any atom is 0.330 e. The molecule has 0 bridgehead atoms. The number of aliphatic carboxylic acids is 1. The summed E-state index contributed by atoms with van der Waals surface area (Å²) in [5.74, 6) is -0.526. The van der Waals surface area contributed by atoms with Crippen LogP contribution in [0.4, 0.5) is 0 Å². The van der Waals surface area contributed by atoms with E-state index in [1.165, 1.54) is 18.9 Å². The molecule has 2 rings (SSSR count). The summed E-state index contributed by atoms with van der Waals surface area (Å²) in [5, 5.41) is 8.54. The summed E-state index contributed by atoms with van der Waals surface area (Å²) in [6.45, 7) is 6.48. The van der Waals surface area contributed by atoms with Gasteiger partial charge >= 0.3 is 11.9 Å². The molecular formula is C25H29BrO5. The Labute approximate surface area is 192 Å². The Morgan fingerprint density at radius 2 is 1.71 bits per heavy atom. The van der Waals surface area contributed by atoms with Gasteiger partial charge in [0, 0.05) is 16.6 Å². The Morgan fingerprint density at radius 3 is 2.29 bits per heavy atom. The van der Waals surface area contributed by atoms with E-state index < -0.39 is 5.97 Å². The molecule has 6 heteroatoms. The summed E-state index contributed by atoms with van der Waals surface area (Å²) in [4.78, 5) is 20.9. The average molecular weight is 489 g/mol. The minimum atomic E-state index is -0.958. The molecule has 0 aromatic heterocycles. The Bertz CT molecular complexity index is 826. The van der Waals surface area contributed by atoms with Crippen LogP contribution in [0.1, 0.15) is 43.7 Å². The lowest BCUT2D eigenvalue weighted by Gasteiger charge is -2.06. The fraction of sp³-hybridized carbons (Fsp3) is 0.280. The van der Waals surface area contributed by atoms with Gasteiger partial charge in [0.15, 0.2) is 0 Å². The van der Waals surface area contributed by atoms with Crippen LogP contribution < -0.4 is 4.74 Å². The number of hydrogen-bond acceptors (Lipinski definition) is 4. The zero-order valence-electron chi connectivity index (χ0n) is 17.8. The fourth-order valence-corrected chi connectivity index (χ4v) is 2.61. The molecule has 0 atom stereocenters. The maximum absolute atomic E-state index is 10.5. The van der Waals surface area contributed by atoms with Crippen molar-refractivity contribution in [2.75, 3.05) is 6.61 Å². The largest absolute Gasteiger partial charge is 0.489 e. The molecule has 2 aromatic carbocycles. The monoisotopic (exact) mass is 488 g/mol. The van der Waals surface area contributed by atoms with Crippen LogP contribution in [0.2, 0.25) is 0 Å². The van der Waals surface area contributed by atoms with Gasteiger partial charge in [-0.25, -0.2) is 9.59 Å². The number of rotatable bonds is 11. The van der Waals surface area contributed by atoms with E-state index in [-0.39, 0.29) is 5.97 Å². The highest BCUT2D eigenvalue weighted by Gasteiger charge is 1.97. The van der Waals surface area contributed by atoms with E-state index in [1.807, 2.05) is 48.5 Å². The second-order valence-corrected chi connectivity index (χ2v) is 7.50. The highest BCUT2D eigenvalue weighted by molar-refractivity contribution is 9.10. The average Bonchev–Trinajstić information content (AvgIpc) is 2.78. The van der Waals surface area contributed by atoms with Gasteiger partial charge in [-0.05, 0) is 47.9 Å². The Hall–Kier alpha value is -2.86. The van der Waals surface area contributed by atoms with E-state index in [9.17, 15) is 9.59 Å². The number of carbonyl (C=O) groups excluding carboxylic acids is 1. The van der Waals surface area contributed by atoms with E-state index in [4.69, 9.17) is 14.6 Å². The molecule has 0 aliphatic heterocycles. The molecule has 0 unspecified atom stereocenters. The zero-order valence-corrected chi connectivity index (χ0v) is 19.3. The molecule has 31 heavy (non-hydrogen) atoms. The van der Waals surface area contributed by atoms with E-state index in [0.29, 0.717) is 13.2 Å². The molecule has 0 fully saturated rings. The van der Waals surface area contributed by atoms with E-state index in [2.05, 4.69) is 29.4 Å². The van der Waals surface area contributed by atoms with Gasteiger partial charge in [0.2, 0.25) is 0 Å². The number of esters is 1. The van der Waals surface area contributed by atoms with Crippen molar-refractivity contribution in [2.45, 2.75) is 39.2 Å². The number of carboxylic acids is 1. The van der Waals surface area contributed by atoms with Crippen LogP contribution in [0.3, 0.4) is 0 Å². The third-order valence-corrected chi connectivity index (χ3v) is 4.55. The highest BCUT2D eigenvalue weighted by Crippen LogP contribution is 2.16. The number of hydrogen-bond donors (Lipinski definition) is 1. The molecule has 0 heterocycles. The lowest BCUT2D eigenvalue weighted by molar-refractivity contribution is -0.138. The summed E-state index contributed by atoms with van der Waals surface area (Å²) in [6, 6.07) is 15.2. The van der Waals surface area contributed by atoms with Crippen molar-refractivity contribution < 1.29 is 24.2 Å². The van der Waals surface area contributed by atoms with Crippen molar-refractivity contribution in [1.82, 2.24) is 0 Å². The van der Waals surface area contributed by atoms with Gasteiger partial charge in [0.05, 0.1) is 6.61 Å². The Balaban J connectivity index is 0.000000373. The number of unbranched alkanes of at least 4 members (excludes halogenated alkanes) is 3. The highest BCUT2D eigenvalue weighted by atomic mass is 79.9. The molecule has 5 nitrogen and oxygen atoms in total. The van der Waals surface area contributed by atoms with E-state index in [1.54, 1.807) is 6.08 Å². The minimum absolute atomic E-state index is 0.318. The first-order valence-corrected chi connectivity index (χ1v) is 10.9. The number of carbonyl (C=O) groups is 2. The molecule has 0 aliphatic carbocycles. The lowest BCUT2D eigenvalue weighted by atomic mass is 10.2. The van der Waals surface area contributed by atoms with Crippen molar-refractivity contribution in [1.29, 1.82) is 0 Å². The predicted octanol–water partition coefficient (Wildman–Crippen LogP) is 6.42. The van der Waals surface area contributed by atoms with Gasteiger partial charge in [0.25, 0.3) is 0 Å². The zero-order chi connectivity index (χ0) is 22.9. The van der Waals surface area contributed by atoms with Gasteiger partial charge in [-0.2, -0.15) is 0 Å². The smallest absolute Gasteiger partial charge is 0.330 e. The lowest BCUT2D eigenvalue weighted by Crippen LogP contribution is -2.01. The summed E-state index contributed by atoms with van der Waals surface area (Å²) in [6.07, 6.45) is 8.37. The summed E-state index contributed by atoms with van der Waals surface area (Å²) in [5.41, 5.74) is 1.91. The van der Waals surface area contributed by atoms with Crippen LogP contribution in [-0.4, -0.2) is 23.7 Å². The number of benzene rings is 2. The summed E-state index contributed by atoms with van der Waals surface area (Å²) >= 11 is 3.39. The maximum atomic E-state index is 10.5. The summed E-state index contributed by atoms with van der Waals surface area (Å²) in [7, 11) is 0. The van der Waals surface area contributed by atoms with Crippen molar-refractivity contribution in [3.8, 4) is 5.75 Å². The Morgan fingerprint density at radius 1 is 1.03 bits per heavy atom. The van der Waals surface area contributed by atoms with Crippen molar-refractivity contribution >= 4 is 33.9 Å². The molecule has 0 aliphatic rings. The normalized spacial score (nSPS) is 10.1. The topological polar surface area (TPSA) is 72.8 Å². The molecule has 2 aromatic rings. The SMILES string of the molecule is C=CC(=O)OCCCCCC.O=C(O)C=Cc1ccc(OCc2ccc(Br)cc2)cc1. The Kier molecular flexibility index (Phi) is 13.4. The minimum Gasteiger partial charge on any atom is -0.489 e. The quantitative estimate of drug-likeness (QED) is 0.224. The van der Waals surface area contributed by atoms with E-state index >= 15 is 0 Å². The second-order valence-electron chi connectivity index (χ2n) is 6.59. The van der Waals surface area contributed by atoms with Crippen LogP contribution in [0, 0.1) is 0 Å². The first-order valence-electron chi connectivity index (χ1n) is 10.1. The predicted molar refractivity (Wildman–Crippen MR) is 127 cm³/mol. The van der Waals surface area contributed by atoms with Gasteiger partial charge in [0.1, 0.15) is 12.4 Å². The van der Waals surface area contributed by atoms with Gasteiger partial charge < -0.3 is 14.6 Å². The molecular weight excluding hydrogens is 460 g/mol. The standard InChI is InChI=1S/C16H13BrO3.C9H16O2/c17-14-6-1-13(2-7-14)11-20-15-8-3-12(4-9-15)5-10-16(18)19;1-3-5-6-7-8-11-9(10)4-2/h1-10H,11H2,(H,18,19);4H,2-3,5-8H2,1H3. The molecule has 0 spiro atoms.